The third kappa shape index (κ3) is 2.55. The maximum atomic E-state index is 12.3. The van der Waals surface area contributed by atoms with Crippen LogP contribution in [-0.2, 0) is 4.74 Å². The minimum Gasteiger partial charge on any atom is -0.375 e. The second kappa shape index (κ2) is 5.42. The number of morpholine rings is 1. The second-order valence-electron chi connectivity index (χ2n) is 4.79. The third-order valence-corrected chi connectivity index (χ3v) is 3.23. The topological polar surface area (TPSA) is 60.2 Å². The van der Waals surface area contributed by atoms with Gasteiger partial charge >= 0.3 is 0 Å². The highest BCUT2D eigenvalue weighted by atomic mass is 16.5. The van der Waals surface area contributed by atoms with Crippen molar-refractivity contribution in [2.24, 2.45) is 0 Å². The van der Waals surface area contributed by atoms with Crippen LogP contribution in [0.5, 0.6) is 0 Å². The summed E-state index contributed by atoms with van der Waals surface area (Å²) in [4.78, 5) is 15.6. The van der Waals surface area contributed by atoms with Crippen molar-refractivity contribution in [1.29, 1.82) is 0 Å². The lowest BCUT2D eigenvalue weighted by atomic mass is 10.3. The van der Waals surface area contributed by atoms with Gasteiger partial charge in [-0.2, -0.15) is 9.90 Å². The normalized spacial score (nSPS) is 19.1. The highest BCUT2D eigenvalue weighted by Crippen LogP contribution is 2.10. The van der Waals surface area contributed by atoms with Crippen LogP contribution in [0.2, 0.25) is 0 Å². The molecule has 1 atom stereocenters. The molecule has 104 valence electrons. The number of rotatable bonds is 2. The molecule has 1 aliphatic heterocycles. The van der Waals surface area contributed by atoms with Gasteiger partial charge in [0.05, 0.1) is 24.6 Å². The quantitative estimate of drug-likeness (QED) is 0.822. The molecule has 20 heavy (non-hydrogen) atoms. The van der Waals surface area contributed by atoms with Crippen LogP contribution in [0.4, 0.5) is 0 Å². The van der Waals surface area contributed by atoms with E-state index < -0.39 is 0 Å². The fourth-order valence-electron chi connectivity index (χ4n) is 2.21. The van der Waals surface area contributed by atoms with Crippen molar-refractivity contribution in [3.63, 3.8) is 0 Å². The van der Waals surface area contributed by atoms with Gasteiger partial charge in [0.2, 0.25) is 0 Å². The Kier molecular flexibility index (Phi) is 3.47. The number of benzene rings is 1. The van der Waals surface area contributed by atoms with E-state index in [9.17, 15) is 4.79 Å². The first-order valence-corrected chi connectivity index (χ1v) is 6.62. The van der Waals surface area contributed by atoms with Gasteiger partial charge in [-0.1, -0.05) is 18.2 Å². The van der Waals surface area contributed by atoms with Gasteiger partial charge in [-0.15, -0.1) is 5.10 Å². The van der Waals surface area contributed by atoms with Crippen LogP contribution in [0.15, 0.2) is 36.5 Å². The molecular weight excluding hydrogens is 256 g/mol. The van der Waals surface area contributed by atoms with Crippen molar-refractivity contribution < 1.29 is 9.53 Å². The molecule has 0 unspecified atom stereocenters. The van der Waals surface area contributed by atoms with Crippen LogP contribution >= 0.6 is 0 Å². The monoisotopic (exact) mass is 272 g/mol. The first-order valence-electron chi connectivity index (χ1n) is 6.62. The summed E-state index contributed by atoms with van der Waals surface area (Å²) >= 11 is 0. The number of carbonyl (C=O) groups is 1. The van der Waals surface area contributed by atoms with Crippen LogP contribution in [0, 0.1) is 0 Å². The zero-order valence-corrected chi connectivity index (χ0v) is 11.3. The van der Waals surface area contributed by atoms with Crippen LogP contribution in [0.1, 0.15) is 17.4 Å². The van der Waals surface area contributed by atoms with Crippen molar-refractivity contribution in [3.05, 3.63) is 42.2 Å². The zero-order chi connectivity index (χ0) is 13.9. The molecule has 0 spiro atoms. The fraction of sp³-hybridized carbons (Fsp3) is 0.357. The summed E-state index contributed by atoms with van der Waals surface area (Å²) in [6.45, 7) is 3.72. The summed E-state index contributed by atoms with van der Waals surface area (Å²) in [6, 6.07) is 9.53. The van der Waals surface area contributed by atoms with Gasteiger partial charge in [0.1, 0.15) is 0 Å². The number of aromatic nitrogens is 3. The number of ether oxygens (including phenoxy) is 1. The molecule has 1 fully saturated rings. The van der Waals surface area contributed by atoms with E-state index in [0.29, 0.717) is 25.4 Å². The predicted octanol–water partition coefficient (Wildman–Crippen LogP) is 1.13. The summed E-state index contributed by atoms with van der Waals surface area (Å²) in [5.74, 6) is -0.0951. The molecule has 6 nitrogen and oxygen atoms in total. The molecule has 2 heterocycles. The van der Waals surface area contributed by atoms with E-state index in [1.807, 2.05) is 37.3 Å². The number of hydrogen-bond donors (Lipinski definition) is 0. The number of nitrogens with zero attached hydrogens (tertiary/aromatic N) is 4. The van der Waals surface area contributed by atoms with E-state index in [4.69, 9.17) is 4.74 Å². The Balaban J connectivity index is 1.78. The second-order valence-corrected chi connectivity index (χ2v) is 4.79. The van der Waals surface area contributed by atoms with E-state index in [2.05, 4.69) is 10.2 Å². The maximum Gasteiger partial charge on any atom is 0.276 e. The summed E-state index contributed by atoms with van der Waals surface area (Å²) in [7, 11) is 0. The number of amides is 1. The lowest BCUT2D eigenvalue weighted by Gasteiger charge is -2.30. The molecule has 0 radical (unpaired) electrons. The Morgan fingerprint density at radius 1 is 1.35 bits per heavy atom. The Bertz CT molecular complexity index is 596. The van der Waals surface area contributed by atoms with Crippen molar-refractivity contribution >= 4 is 5.91 Å². The Morgan fingerprint density at radius 3 is 2.90 bits per heavy atom. The first-order chi connectivity index (χ1) is 9.74. The molecule has 0 saturated carbocycles. The molecule has 0 aliphatic carbocycles. The lowest BCUT2D eigenvalue weighted by Crippen LogP contribution is -2.44. The predicted molar refractivity (Wildman–Crippen MR) is 72.7 cm³/mol. The fourth-order valence-corrected chi connectivity index (χ4v) is 2.21. The summed E-state index contributed by atoms with van der Waals surface area (Å²) in [5, 5.41) is 8.40. The lowest BCUT2D eigenvalue weighted by molar-refractivity contribution is -0.0126. The molecule has 1 saturated heterocycles. The minimum absolute atomic E-state index is 0.0665. The standard InChI is InChI=1S/C14H16N4O2/c1-11-10-17(7-8-20-11)14(19)13-9-15-18(16-13)12-5-3-2-4-6-12/h2-6,9,11H,7-8,10H2,1H3/t11-/m0/s1. The van der Waals surface area contributed by atoms with E-state index in [1.54, 1.807) is 4.90 Å². The van der Waals surface area contributed by atoms with Crippen LogP contribution in [0.25, 0.3) is 5.69 Å². The van der Waals surface area contributed by atoms with Crippen LogP contribution in [-0.4, -0.2) is 51.6 Å². The molecule has 1 aliphatic rings. The van der Waals surface area contributed by atoms with Gasteiger partial charge in [-0.3, -0.25) is 4.79 Å². The van der Waals surface area contributed by atoms with Crippen molar-refractivity contribution in [3.8, 4) is 5.69 Å². The third-order valence-electron chi connectivity index (χ3n) is 3.23. The van der Waals surface area contributed by atoms with Gasteiger partial charge in [0.25, 0.3) is 5.91 Å². The Labute approximate surface area is 117 Å². The highest BCUT2D eigenvalue weighted by molar-refractivity contribution is 5.92. The molecule has 6 heteroatoms. The summed E-state index contributed by atoms with van der Waals surface area (Å²) in [6.07, 6.45) is 1.58. The average molecular weight is 272 g/mol. The van der Waals surface area contributed by atoms with Gasteiger partial charge in [0.15, 0.2) is 5.69 Å². The molecular formula is C14H16N4O2. The van der Waals surface area contributed by atoms with Crippen molar-refractivity contribution in [2.45, 2.75) is 13.0 Å². The molecule has 0 bridgehead atoms. The van der Waals surface area contributed by atoms with Crippen LogP contribution in [0.3, 0.4) is 0 Å². The average Bonchev–Trinajstić information content (AvgIpc) is 2.97. The highest BCUT2D eigenvalue weighted by Gasteiger charge is 2.24. The van der Waals surface area contributed by atoms with E-state index in [0.717, 1.165) is 5.69 Å². The number of hydrogen-bond acceptors (Lipinski definition) is 4. The number of para-hydroxylation sites is 1. The SMILES string of the molecule is C[C@H]1CN(C(=O)c2cnn(-c3ccccc3)n2)CCO1. The van der Waals surface area contributed by atoms with E-state index >= 15 is 0 Å². The minimum atomic E-state index is -0.0951. The largest absolute Gasteiger partial charge is 0.375 e. The molecule has 0 N–H and O–H groups in total. The molecule has 1 aromatic heterocycles. The van der Waals surface area contributed by atoms with Gasteiger partial charge < -0.3 is 9.64 Å². The maximum absolute atomic E-state index is 12.3. The van der Waals surface area contributed by atoms with E-state index in [-0.39, 0.29) is 12.0 Å². The van der Waals surface area contributed by atoms with Gasteiger partial charge in [0, 0.05) is 13.1 Å². The molecule has 1 aromatic carbocycles. The molecule has 1 amide bonds. The Hall–Kier alpha value is -2.21. The van der Waals surface area contributed by atoms with Crippen molar-refractivity contribution in [1.82, 2.24) is 19.9 Å². The van der Waals surface area contributed by atoms with Gasteiger partial charge in [-0.25, -0.2) is 0 Å². The Morgan fingerprint density at radius 2 is 2.15 bits per heavy atom. The smallest absolute Gasteiger partial charge is 0.276 e. The molecule has 2 aromatic rings. The van der Waals surface area contributed by atoms with Gasteiger partial charge in [-0.05, 0) is 19.1 Å². The summed E-state index contributed by atoms with van der Waals surface area (Å²) < 4.78 is 5.43. The van der Waals surface area contributed by atoms with Crippen molar-refractivity contribution in [2.75, 3.05) is 19.7 Å². The summed E-state index contributed by atoms with van der Waals surface area (Å²) in [5.41, 5.74) is 1.20. The van der Waals surface area contributed by atoms with Crippen LogP contribution < -0.4 is 0 Å². The first kappa shape index (κ1) is 12.8. The number of carbonyl (C=O) groups excluding carboxylic acids is 1. The van der Waals surface area contributed by atoms with E-state index in [1.165, 1.54) is 11.0 Å². The zero-order valence-electron chi connectivity index (χ0n) is 11.3. The molecule has 3 rings (SSSR count).